The van der Waals surface area contributed by atoms with Gasteiger partial charge in [0.25, 0.3) is 0 Å². The van der Waals surface area contributed by atoms with Gasteiger partial charge in [-0.3, -0.25) is 0 Å². The summed E-state index contributed by atoms with van der Waals surface area (Å²) in [4.78, 5) is 14.8. The van der Waals surface area contributed by atoms with Crippen molar-refractivity contribution in [1.29, 1.82) is 0 Å². The smallest absolute Gasteiger partial charge is 0.164 e. The number of para-hydroxylation sites is 1. The van der Waals surface area contributed by atoms with Gasteiger partial charge in [0.05, 0.1) is 0 Å². The van der Waals surface area contributed by atoms with Crippen molar-refractivity contribution in [3.63, 3.8) is 0 Å². The van der Waals surface area contributed by atoms with E-state index in [2.05, 4.69) is 115 Å². The van der Waals surface area contributed by atoms with E-state index in [0.29, 0.717) is 17.5 Å². The summed E-state index contributed by atoms with van der Waals surface area (Å²) < 4.78 is 6.92. The Bertz CT molecular complexity index is 2780. The number of hydrogen-bond donors (Lipinski definition) is 0. The third kappa shape index (κ3) is 4.06. The number of hydrogen-bond acceptors (Lipinski definition) is 4. The van der Waals surface area contributed by atoms with Crippen LogP contribution in [-0.4, -0.2) is 15.0 Å². The number of furan rings is 1. The average Bonchev–Trinajstić information content (AvgIpc) is 3.85. The molecule has 1 unspecified atom stereocenters. The molecule has 0 N–H and O–H groups in total. The number of nitrogens with zero attached hydrogens (tertiary/aromatic N) is 3. The predicted octanol–water partition coefficient (Wildman–Crippen LogP) is 11.6. The van der Waals surface area contributed by atoms with E-state index in [1.165, 1.54) is 38.9 Å². The lowest BCUT2D eigenvalue weighted by molar-refractivity contribution is 0.507. The van der Waals surface area contributed by atoms with Crippen molar-refractivity contribution in [3.05, 3.63) is 198 Å². The lowest BCUT2D eigenvalue weighted by Gasteiger charge is -2.28. The number of aromatic nitrogens is 3. The molecule has 4 nitrogen and oxygen atoms in total. The minimum absolute atomic E-state index is 0.556. The highest BCUT2D eigenvalue weighted by Gasteiger charge is 2.55. The summed E-state index contributed by atoms with van der Waals surface area (Å²) in [7, 11) is 0. The second-order valence-electron chi connectivity index (χ2n) is 13.5. The standard InChI is InChI=1S/C48H29N3O/c1-3-13-31(14-4-1)45-49-46(32-15-5-2-6-16-32)51-47(50-45)33-25-23-30(24-26-33)34-27-28-36-35-17-7-10-20-39(35)48(41(36)29-34)40-21-11-8-18-37(40)43-38-19-9-12-22-42(38)52-44(43)48/h1-29H. The molecule has 1 spiro atoms. The van der Waals surface area contributed by atoms with Crippen LogP contribution in [0.4, 0.5) is 0 Å². The van der Waals surface area contributed by atoms with Crippen LogP contribution in [0.15, 0.2) is 180 Å². The molecule has 52 heavy (non-hydrogen) atoms. The molecule has 2 aliphatic rings. The van der Waals surface area contributed by atoms with Crippen molar-refractivity contribution < 1.29 is 4.42 Å². The highest BCUT2D eigenvalue weighted by Crippen LogP contribution is 2.64. The fourth-order valence-electron chi connectivity index (χ4n) is 8.47. The van der Waals surface area contributed by atoms with E-state index in [1.807, 2.05) is 60.7 Å². The van der Waals surface area contributed by atoms with Gasteiger partial charge in [-0.15, -0.1) is 0 Å². The molecule has 242 valence electrons. The normalized spacial score (nSPS) is 15.0. The third-order valence-electron chi connectivity index (χ3n) is 10.8. The Morgan fingerprint density at radius 2 is 0.846 bits per heavy atom. The zero-order chi connectivity index (χ0) is 34.2. The van der Waals surface area contributed by atoms with Gasteiger partial charge in [0, 0.05) is 27.6 Å². The first-order valence-electron chi connectivity index (χ1n) is 17.6. The zero-order valence-corrected chi connectivity index (χ0v) is 28.0. The lowest BCUT2D eigenvalue weighted by atomic mass is 9.73. The minimum Gasteiger partial charge on any atom is -0.459 e. The topological polar surface area (TPSA) is 51.8 Å². The van der Waals surface area contributed by atoms with Crippen LogP contribution in [0.5, 0.6) is 0 Å². The first kappa shape index (κ1) is 28.9. The molecule has 0 amide bonds. The second kappa shape index (κ2) is 11.0. The molecule has 9 aromatic rings. The number of benzene rings is 7. The molecule has 0 saturated heterocycles. The lowest BCUT2D eigenvalue weighted by Crippen LogP contribution is -2.25. The van der Waals surface area contributed by atoms with Crippen LogP contribution in [0.1, 0.15) is 22.5 Å². The summed E-state index contributed by atoms with van der Waals surface area (Å²) in [6.07, 6.45) is 0. The minimum atomic E-state index is -0.556. The Morgan fingerprint density at radius 1 is 0.365 bits per heavy atom. The molecule has 7 aromatic carbocycles. The molecule has 1 atom stereocenters. The van der Waals surface area contributed by atoms with E-state index in [0.717, 1.165) is 44.5 Å². The van der Waals surface area contributed by atoms with Gasteiger partial charge in [-0.05, 0) is 56.6 Å². The van der Waals surface area contributed by atoms with Gasteiger partial charge in [-0.2, -0.15) is 0 Å². The van der Waals surface area contributed by atoms with Crippen molar-refractivity contribution >= 4 is 11.0 Å². The van der Waals surface area contributed by atoms with E-state index in [1.54, 1.807) is 0 Å². The van der Waals surface area contributed by atoms with Crippen LogP contribution in [0.2, 0.25) is 0 Å². The van der Waals surface area contributed by atoms with Crippen LogP contribution in [0, 0.1) is 0 Å². The molecule has 2 aliphatic carbocycles. The maximum atomic E-state index is 6.92. The van der Waals surface area contributed by atoms with Gasteiger partial charge in [0.2, 0.25) is 0 Å². The van der Waals surface area contributed by atoms with E-state index in [4.69, 9.17) is 19.4 Å². The van der Waals surface area contributed by atoms with Gasteiger partial charge in [0.15, 0.2) is 17.5 Å². The van der Waals surface area contributed by atoms with Crippen LogP contribution >= 0.6 is 0 Å². The Labute approximate surface area is 300 Å². The molecule has 0 bridgehead atoms. The van der Waals surface area contributed by atoms with Crippen LogP contribution in [0.3, 0.4) is 0 Å². The van der Waals surface area contributed by atoms with Crippen molar-refractivity contribution in [2.75, 3.05) is 0 Å². The molecule has 0 fully saturated rings. The molecule has 11 rings (SSSR count). The summed E-state index contributed by atoms with van der Waals surface area (Å²) >= 11 is 0. The van der Waals surface area contributed by atoms with Crippen LogP contribution < -0.4 is 0 Å². The zero-order valence-electron chi connectivity index (χ0n) is 28.0. The van der Waals surface area contributed by atoms with E-state index < -0.39 is 5.41 Å². The van der Waals surface area contributed by atoms with Crippen molar-refractivity contribution in [1.82, 2.24) is 15.0 Å². The first-order chi connectivity index (χ1) is 25.8. The molecule has 0 aliphatic heterocycles. The molecule has 0 radical (unpaired) electrons. The maximum absolute atomic E-state index is 6.92. The molecule has 2 aromatic heterocycles. The summed E-state index contributed by atoms with van der Waals surface area (Å²) in [5.74, 6) is 2.95. The summed E-state index contributed by atoms with van der Waals surface area (Å²) in [5.41, 5.74) is 14.2. The quantitative estimate of drug-likeness (QED) is 0.188. The van der Waals surface area contributed by atoms with Gasteiger partial charge < -0.3 is 4.42 Å². The van der Waals surface area contributed by atoms with Crippen molar-refractivity contribution in [2.45, 2.75) is 5.41 Å². The maximum Gasteiger partial charge on any atom is 0.164 e. The van der Waals surface area contributed by atoms with Crippen LogP contribution in [-0.2, 0) is 5.41 Å². The Balaban J connectivity index is 1.06. The Hall–Kier alpha value is -6.91. The molecular formula is C48H29N3O. The van der Waals surface area contributed by atoms with Gasteiger partial charge in [-0.25, -0.2) is 15.0 Å². The van der Waals surface area contributed by atoms with E-state index >= 15 is 0 Å². The first-order valence-corrected chi connectivity index (χ1v) is 17.6. The summed E-state index contributed by atoms with van der Waals surface area (Å²) in [5, 5.41) is 1.16. The SMILES string of the molecule is c1ccc(-c2nc(-c3ccccc3)nc(-c3ccc(-c4ccc5c(c4)C4(c6ccccc6-5)c5ccccc5-c5c4oc4ccccc54)cc3)n2)cc1. The average molecular weight is 664 g/mol. The molecular weight excluding hydrogens is 635 g/mol. The van der Waals surface area contributed by atoms with Gasteiger partial charge in [0.1, 0.15) is 16.8 Å². The highest BCUT2D eigenvalue weighted by molar-refractivity contribution is 6.04. The van der Waals surface area contributed by atoms with Gasteiger partial charge in [-0.1, -0.05) is 164 Å². The predicted molar refractivity (Wildman–Crippen MR) is 208 cm³/mol. The molecule has 2 heterocycles. The van der Waals surface area contributed by atoms with Gasteiger partial charge >= 0.3 is 0 Å². The van der Waals surface area contributed by atoms with E-state index in [-0.39, 0.29) is 0 Å². The van der Waals surface area contributed by atoms with Crippen molar-refractivity contribution in [2.24, 2.45) is 0 Å². The highest BCUT2D eigenvalue weighted by atomic mass is 16.3. The monoisotopic (exact) mass is 663 g/mol. The van der Waals surface area contributed by atoms with E-state index in [9.17, 15) is 0 Å². The fraction of sp³-hybridized carbons (Fsp3) is 0.0208. The van der Waals surface area contributed by atoms with Crippen molar-refractivity contribution in [3.8, 4) is 67.5 Å². The Kier molecular flexibility index (Phi) is 6.13. The largest absolute Gasteiger partial charge is 0.459 e. The summed E-state index contributed by atoms with van der Waals surface area (Å²) in [6.45, 7) is 0. The number of rotatable bonds is 4. The number of fused-ring (bicyclic) bond motifs is 12. The van der Waals surface area contributed by atoms with Crippen LogP contribution in [0.25, 0.3) is 78.5 Å². The third-order valence-corrected chi connectivity index (χ3v) is 10.8. The second-order valence-corrected chi connectivity index (χ2v) is 13.5. The summed E-state index contributed by atoms with van der Waals surface area (Å²) in [6, 6.07) is 61.8. The Morgan fingerprint density at radius 3 is 1.52 bits per heavy atom. The molecule has 0 saturated carbocycles. The fourth-order valence-corrected chi connectivity index (χ4v) is 8.47. The molecule has 4 heteroatoms.